The zero-order chi connectivity index (χ0) is 18.7. The van der Waals surface area contributed by atoms with Crippen LogP contribution in [-0.2, 0) is 11.3 Å². The Morgan fingerprint density at radius 3 is 2.65 bits per heavy atom. The number of rotatable bonds is 4. The van der Waals surface area contributed by atoms with E-state index < -0.39 is 0 Å². The molecule has 0 bridgehead atoms. The molecule has 2 aliphatic rings. The molecule has 1 saturated carbocycles. The fourth-order valence-corrected chi connectivity index (χ4v) is 5.09. The van der Waals surface area contributed by atoms with Gasteiger partial charge in [-0.1, -0.05) is 30.3 Å². The number of aromatic nitrogens is 1. The number of carbonyl (C=O) groups is 1. The lowest BCUT2D eigenvalue weighted by molar-refractivity contribution is -0.122. The monoisotopic (exact) mass is 376 g/mol. The fraction of sp³-hybridized carbons (Fsp3) is 0.474. The highest BCUT2D eigenvalue weighted by molar-refractivity contribution is 7.09. The van der Waals surface area contributed by atoms with Crippen molar-refractivity contribution in [3.8, 4) is 0 Å². The summed E-state index contributed by atoms with van der Waals surface area (Å²) in [5.41, 5.74) is 2.12. The van der Waals surface area contributed by atoms with E-state index in [1.165, 1.54) is 5.56 Å². The van der Waals surface area contributed by atoms with Gasteiger partial charge in [0.2, 0.25) is 0 Å². The van der Waals surface area contributed by atoms with Gasteiger partial charge in [0.15, 0.2) is 0 Å². The van der Waals surface area contributed by atoms with E-state index in [9.17, 15) is 10.2 Å². The van der Waals surface area contributed by atoms with Gasteiger partial charge in [0.25, 0.3) is 6.47 Å². The maximum atomic E-state index is 10.7. The van der Waals surface area contributed by atoms with Gasteiger partial charge in [-0.3, -0.25) is 9.69 Å². The summed E-state index contributed by atoms with van der Waals surface area (Å²) in [5.74, 6) is 0.410. The largest absolute Gasteiger partial charge is 0.483 e. The first-order chi connectivity index (χ1) is 12.6. The van der Waals surface area contributed by atoms with Crippen LogP contribution in [0, 0.1) is 18.3 Å². The molecule has 6 nitrogen and oxygen atoms in total. The van der Waals surface area contributed by atoms with E-state index in [2.05, 4.69) is 27.4 Å². The number of likely N-dealkylation sites (tertiary alicyclic amines) is 1. The third-order valence-electron chi connectivity index (χ3n) is 5.52. The molecular weight excluding hydrogens is 352 g/mol. The first-order valence-corrected chi connectivity index (χ1v) is 9.49. The molecule has 1 saturated heterocycles. The van der Waals surface area contributed by atoms with Crippen LogP contribution in [0.3, 0.4) is 0 Å². The molecule has 1 aliphatic heterocycles. The molecule has 0 amide bonds. The summed E-state index contributed by atoms with van der Waals surface area (Å²) in [6.07, 6.45) is -0.385. The van der Waals surface area contributed by atoms with Crippen molar-refractivity contribution in [2.24, 2.45) is 11.3 Å². The van der Waals surface area contributed by atoms with Gasteiger partial charge in [-0.2, -0.15) is 0 Å². The van der Waals surface area contributed by atoms with E-state index in [-0.39, 0.29) is 36.4 Å². The summed E-state index contributed by atoms with van der Waals surface area (Å²) in [6.45, 7) is 4.18. The molecule has 0 radical (unpaired) electrons. The smallest absolute Gasteiger partial charge is 0.290 e. The van der Waals surface area contributed by atoms with Crippen molar-refractivity contribution < 1.29 is 20.1 Å². The van der Waals surface area contributed by atoms with Crippen LogP contribution >= 0.6 is 11.3 Å². The third-order valence-corrected chi connectivity index (χ3v) is 6.34. The Morgan fingerprint density at radius 2 is 2.08 bits per heavy atom. The molecule has 1 aliphatic carbocycles. The second-order valence-electron chi connectivity index (χ2n) is 6.94. The SMILES string of the molecule is Cc1nc(CN2C[C@H](O)[C@@]3(C2)[C@H](CO)[C@H]3c2ccccc2)cs1.O=CO. The predicted molar refractivity (Wildman–Crippen MR) is 99.0 cm³/mol. The first kappa shape index (κ1) is 19.0. The second kappa shape index (κ2) is 7.84. The van der Waals surface area contributed by atoms with Crippen LogP contribution in [0.4, 0.5) is 0 Å². The van der Waals surface area contributed by atoms with Crippen LogP contribution in [0.25, 0.3) is 0 Å². The summed E-state index contributed by atoms with van der Waals surface area (Å²) in [5, 5.41) is 30.6. The van der Waals surface area contributed by atoms with Crippen molar-refractivity contribution >= 4 is 17.8 Å². The molecule has 0 unspecified atom stereocenters. The maximum absolute atomic E-state index is 10.7. The molecule has 2 aromatic rings. The molecule has 4 rings (SSSR count). The van der Waals surface area contributed by atoms with Crippen LogP contribution in [0.2, 0.25) is 0 Å². The molecule has 1 spiro atoms. The van der Waals surface area contributed by atoms with Crippen LogP contribution in [0.5, 0.6) is 0 Å². The number of aryl methyl sites for hydroxylation is 1. The third kappa shape index (κ3) is 3.40. The van der Waals surface area contributed by atoms with Gasteiger partial charge in [0, 0.05) is 37.0 Å². The molecule has 1 aromatic heterocycles. The van der Waals surface area contributed by atoms with Gasteiger partial charge >= 0.3 is 0 Å². The number of hydrogen-bond acceptors (Lipinski definition) is 6. The van der Waals surface area contributed by atoms with Crippen LogP contribution in [-0.4, -0.2) is 57.5 Å². The number of thiazole rings is 1. The number of nitrogens with zero attached hydrogens (tertiary/aromatic N) is 2. The summed E-state index contributed by atoms with van der Waals surface area (Å²) in [6, 6.07) is 10.3. The van der Waals surface area contributed by atoms with Gasteiger partial charge in [0.1, 0.15) is 0 Å². The lowest BCUT2D eigenvalue weighted by Gasteiger charge is -2.15. The summed E-state index contributed by atoms with van der Waals surface area (Å²) >= 11 is 1.67. The average Bonchev–Trinajstić information content (AvgIpc) is 2.90. The van der Waals surface area contributed by atoms with Crippen molar-refractivity contribution in [3.63, 3.8) is 0 Å². The lowest BCUT2D eigenvalue weighted by Crippen LogP contribution is -2.23. The molecule has 7 heteroatoms. The van der Waals surface area contributed by atoms with Crippen molar-refractivity contribution in [3.05, 3.63) is 52.0 Å². The fourth-order valence-electron chi connectivity index (χ4n) is 4.49. The number of aliphatic hydroxyl groups excluding tert-OH is 2. The van der Waals surface area contributed by atoms with E-state index in [1.54, 1.807) is 11.3 Å². The van der Waals surface area contributed by atoms with Crippen LogP contribution < -0.4 is 0 Å². The Morgan fingerprint density at radius 1 is 1.38 bits per heavy atom. The highest BCUT2D eigenvalue weighted by Crippen LogP contribution is 2.68. The van der Waals surface area contributed by atoms with Gasteiger partial charge in [-0.25, -0.2) is 4.98 Å². The zero-order valence-electron chi connectivity index (χ0n) is 14.7. The molecule has 2 fully saturated rings. The number of β-amino-alcohol motifs (C(OH)–C–C–N with tert-alkyl or cyclic N) is 1. The Kier molecular flexibility index (Phi) is 5.72. The van der Waals surface area contributed by atoms with Crippen molar-refractivity contribution in [2.75, 3.05) is 19.7 Å². The molecule has 1 aromatic carbocycles. The molecule has 26 heavy (non-hydrogen) atoms. The van der Waals surface area contributed by atoms with Crippen molar-refractivity contribution in [1.29, 1.82) is 0 Å². The van der Waals surface area contributed by atoms with E-state index >= 15 is 0 Å². The molecular formula is C19H24N2O4S. The minimum Gasteiger partial charge on any atom is -0.483 e. The summed E-state index contributed by atoms with van der Waals surface area (Å²) in [4.78, 5) is 15.2. The normalized spacial score (nSPS) is 30.0. The number of hydrogen-bond donors (Lipinski definition) is 3. The van der Waals surface area contributed by atoms with Crippen molar-refractivity contribution in [1.82, 2.24) is 9.88 Å². The van der Waals surface area contributed by atoms with Gasteiger partial charge in [0.05, 0.1) is 16.8 Å². The highest BCUT2D eigenvalue weighted by Gasteiger charge is 2.70. The summed E-state index contributed by atoms with van der Waals surface area (Å²) in [7, 11) is 0. The Balaban J connectivity index is 0.000000613. The van der Waals surface area contributed by atoms with Gasteiger partial charge in [-0.15, -0.1) is 11.3 Å². The maximum Gasteiger partial charge on any atom is 0.290 e. The zero-order valence-corrected chi connectivity index (χ0v) is 15.5. The Labute approximate surface area is 156 Å². The molecule has 4 atom stereocenters. The highest BCUT2D eigenvalue weighted by atomic mass is 32.1. The molecule has 3 N–H and O–H groups in total. The number of benzene rings is 1. The number of aliphatic hydroxyl groups is 2. The molecule has 2 heterocycles. The lowest BCUT2D eigenvalue weighted by atomic mass is 9.95. The van der Waals surface area contributed by atoms with E-state index in [0.717, 1.165) is 23.8 Å². The quantitative estimate of drug-likeness (QED) is 0.704. The van der Waals surface area contributed by atoms with E-state index in [4.69, 9.17) is 9.90 Å². The van der Waals surface area contributed by atoms with Crippen molar-refractivity contribution in [2.45, 2.75) is 25.5 Å². The minimum atomic E-state index is -0.385. The Bertz CT molecular complexity index is 738. The molecule has 140 valence electrons. The van der Waals surface area contributed by atoms with Gasteiger partial charge in [-0.05, 0) is 24.3 Å². The minimum absolute atomic E-state index is 0.139. The second-order valence-corrected chi connectivity index (χ2v) is 8.00. The average molecular weight is 376 g/mol. The van der Waals surface area contributed by atoms with Crippen LogP contribution in [0.15, 0.2) is 35.7 Å². The first-order valence-electron chi connectivity index (χ1n) is 8.62. The topological polar surface area (TPSA) is 93.9 Å². The van der Waals surface area contributed by atoms with E-state index in [0.29, 0.717) is 6.54 Å². The predicted octanol–water partition coefficient (Wildman–Crippen LogP) is 1.72. The standard InChI is InChI=1S/C18H22N2O2S.CH2O2/c1-12-19-14(10-23-12)7-20-8-16(22)18(11-20)15(9-21)17(18)13-5-3-2-4-6-13;2-1-3/h2-6,10,15-17,21-22H,7-9,11H2,1H3;1H,(H,2,3)/t15-,16+,17-,18-;/m1./s1. The van der Waals surface area contributed by atoms with Crippen LogP contribution in [0.1, 0.15) is 22.2 Å². The number of carboxylic acid groups (broad SMARTS) is 1. The Hall–Kier alpha value is -1.80. The van der Waals surface area contributed by atoms with Gasteiger partial charge < -0.3 is 15.3 Å². The van der Waals surface area contributed by atoms with E-state index in [1.807, 2.05) is 25.1 Å². The summed E-state index contributed by atoms with van der Waals surface area (Å²) < 4.78 is 0.